The van der Waals surface area contributed by atoms with Crippen LogP contribution in [-0.4, -0.2) is 42.9 Å². The van der Waals surface area contributed by atoms with Gasteiger partial charge in [0.05, 0.1) is 18.2 Å². The Morgan fingerprint density at radius 2 is 1.90 bits per heavy atom. The van der Waals surface area contributed by atoms with Gasteiger partial charge < -0.3 is 15.0 Å². The highest BCUT2D eigenvalue weighted by Crippen LogP contribution is 2.24. The number of esters is 1. The van der Waals surface area contributed by atoms with Crippen molar-refractivity contribution < 1.29 is 23.5 Å². The van der Waals surface area contributed by atoms with Crippen molar-refractivity contribution in [1.82, 2.24) is 4.90 Å². The third-order valence-corrected chi connectivity index (χ3v) is 5.61. The van der Waals surface area contributed by atoms with E-state index in [9.17, 15) is 18.8 Å². The molecule has 0 saturated carbocycles. The Bertz CT molecular complexity index is 976. The zero-order valence-corrected chi connectivity index (χ0v) is 17.8. The van der Waals surface area contributed by atoms with Crippen molar-refractivity contribution in [3.05, 3.63) is 65.0 Å². The van der Waals surface area contributed by atoms with Crippen LogP contribution < -0.4 is 5.32 Å². The number of carbonyl (C=O) groups is 3. The molecule has 0 aliphatic carbocycles. The van der Waals surface area contributed by atoms with E-state index in [0.29, 0.717) is 42.7 Å². The number of hydrogen-bond acceptors (Lipinski definition) is 4. The minimum Gasteiger partial charge on any atom is -0.465 e. The first kappa shape index (κ1) is 22.5. The summed E-state index contributed by atoms with van der Waals surface area (Å²) >= 11 is 0. The molecular weight excluding hydrogens is 399 g/mol. The van der Waals surface area contributed by atoms with E-state index < -0.39 is 5.97 Å². The molecule has 7 heteroatoms. The maximum atomic E-state index is 13.2. The Morgan fingerprint density at radius 3 is 2.61 bits per heavy atom. The fourth-order valence-corrected chi connectivity index (χ4v) is 3.93. The first-order valence-corrected chi connectivity index (χ1v) is 10.4. The molecule has 6 nitrogen and oxygen atoms in total. The van der Waals surface area contributed by atoms with Crippen molar-refractivity contribution in [3.8, 4) is 0 Å². The van der Waals surface area contributed by atoms with Crippen molar-refractivity contribution in [1.29, 1.82) is 0 Å². The molecule has 1 unspecified atom stereocenters. The van der Waals surface area contributed by atoms with E-state index in [1.807, 2.05) is 0 Å². The van der Waals surface area contributed by atoms with Crippen LogP contribution in [0.25, 0.3) is 0 Å². The monoisotopic (exact) mass is 426 g/mol. The van der Waals surface area contributed by atoms with Gasteiger partial charge in [-0.25, -0.2) is 9.18 Å². The molecule has 1 saturated heterocycles. The number of halogens is 1. The molecule has 2 aromatic rings. The number of amides is 2. The molecule has 164 valence electrons. The number of benzene rings is 2. The molecule has 1 N–H and O–H groups in total. The molecule has 0 aromatic heterocycles. The Kier molecular flexibility index (Phi) is 7.39. The molecule has 0 radical (unpaired) electrons. The van der Waals surface area contributed by atoms with Gasteiger partial charge >= 0.3 is 5.97 Å². The predicted molar refractivity (Wildman–Crippen MR) is 115 cm³/mol. The van der Waals surface area contributed by atoms with Crippen LogP contribution in [0, 0.1) is 18.7 Å². The first-order chi connectivity index (χ1) is 14.9. The number of nitrogens with one attached hydrogen (secondary N) is 1. The van der Waals surface area contributed by atoms with Gasteiger partial charge in [0.25, 0.3) is 5.91 Å². The van der Waals surface area contributed by atoms with Crippen molar-refractivity contribution in [2.24, 2.45) is 5.92 Å². The fraction of sp³-hybridized carbons (Fsp3) is 0.375. The van der Waals surface area contributed by atoms with Crippen LogP contribution in [0.2, 0.25) is 0 Å². The van der Waals surface area contributed by atoms with E-state index in [1.165, 1.54) is 19.2 Å². The summed E-state index contributed by atoms with van der Waals surface area (Å²) in [7, 11) is 1.29. The van der Waals surface area contributed by atoms with Crippen LogP contribution in [0.5, 0.6) is 0 Å². The van der Waals surface area contributed by atoms with Gasteiger partial charge in [-0.05, 0) is 68.0 Å². The molecule has 0 spiro atoms. The first-order valence-electron chi connectivity index (χ1n) is 10.4. The Hall–Kier alpha value is -3.22. The van der Waals surface area contributed by atoms with Gasteiger partial charge in [0.2, 0.25) is 5.91 Å². The fourth-order valence-electron chi connectivity index (χ4n) is 3.93. The quantitative estimate of drug-likeness (QED) is 0.703. The van der Waals surface area contributed by atoms with Crippen LogP contribution in [0.1, 0.15) is 52.0 Å². The summed E-state index contributed by atoms with van der Waals surface area (Å²) < 4.78 is 18.0. The van der Waals surface area contributed by atoms with Gasteiger partial charge in [-0.15, -0.1) is 0 Å². The van der Waals surface area contributed by atoms with Crippen LogP contribution >= 0.6 is 0 Å². The Balaban J connectivity index is 1.58. The largest absolute Gasteiger partial charge is 0.465 e. The number of piperidine rings is 1. The molecule has 1 heterocycles. The summed E-state index contributed by atoms with van der Waals surface area (Å²) in [5.41, 5.74) is 1.86. The maximum absolute atomic E-state index is 13.2. The number of aryl methyl sites for hydroxylation is 1. The van der Waals surface area contributed by atoms with Crippen molar-refractivity contribution >= 4 is 23.5 Å². The highest BCUT2D eigenvalue weighted by Gasteiger charge is 2.27. The van der Waals surface area contributed by atoms with Crippen LogP contribution in [0.3, 0.4) is 0 Å². The third-order valence-electron chi connectivity index (χ3n) is 5.61. The Morgan fingerprint density at radius 1 is 1.16 bits per heavy atom. The van der Waals surface area contributed by atoms with E-state index in [1.54, 1.807) is 42.2 Å². The molecule has 2 amide bonds. The van der Waals surface area contributed by atoms with Crippen LogP contribution in [0.4, 0.5) is 10.1 Å². The lowest BCUT2D eigenvalue weighted by molar-refractivity contribution is -0.116. The summed E-state index contributed by atoms with van der Waals surface area (Å²) in [6, 6.07) is 10.9. The van der Waals surface area contributed by atoms with E-state index in [0.717, 1.165) is 12.8 Å². The Labute approximate surface area is 181 Å². The predicted octanol–water partition coefficient (Wildman–Crippen LogP) is 4.19. The molecule has 1 aliphatic rings. The summed E-state index contributed by atoms with van der Waals surface area (Å²) in [5, 5.41) is 2.83. The van der Waals surface area contributed by atoms with Crippen molar-refractivity contribution in [3.63, 3.8) is 0 Å². The van der Waals surface area contributed by atoms with Gasteiger partial charge in [0.1, 0.15) is 5.82 Å². The van der Waals surface area contributed by atoms with Crippen LogP contribution in [-0.2, 0) is 9.53 Å². The van der Waals surface area contributed by atoms with E-state index in [2.05, 4.69) is 5.32 Å². The van der Waals surface area contributed by atoms with Crippen LogP contribution in [0.15, 0.2) is 42.5 Å². The molecular formula is C24H27FN2O4. The molecule has 3 rings (SSSR count). The lowest BCUT2D eigenvalue weighted by Crippen LogP contribution is -2.40. The average Bonchev–Trinajstić information content (AvgIpc) is 2.78. The number of likely N-dealkylation sites (tertiary alicyclic amines) is 1. The maximum Gasteiger partial charge on any atom is 0.338 e. The third kappa shape index (κ3) is 5.69. The summed E-state index contributed by atoms with van der Waals surface area (Å²) in [4.78, 5) is 39.1. The average molecular weight is 426 g/mol. The molecule has 2 aromatic carbocycles. The number of methoxy groups -OCH3 is 1. The summed E-state index contributed by atoms with van der Waals surface area (Å²) in [5.74, 6) is -1.00. The molecule has 0 bridgehead atoms. The highest BCUT2D eigenvalue weighted by molar-refractivity contribution is 6.05. The number of carbonyl (C=O) groups excluding carboxylic acids is 3. The lowest BCUT2D eigenvalue weighted by Gasteiger charge is -2.33. The lowest BCUT2D eigenvalue weighted by atomic mass is 9.92. The SMILES string of the molecule is COC(=O)c1ccccc1C(=O)N1CCCC(CCC(=O)Nc2ccc(F)cc2C)C1. The summed E-state index contributed by atoms with van der Waals surface area (Å²) in [6.45, 7) is 2.90. The van der Waals surface area contributed by atoms with Crippen molar-refractivity contribution in [2.45, 2.75) is 32.6 Å². The molecule has 1 aliphatic heterocycles. The highest BCUT2D eigenvalue weighted by atomic mass is 19.1. The number of anilines is 1. The smallest absolute Gasteiger partial charge is 0.338 e. The second kappa shape index (κ2) is 10.2. The van der Waals surface area contributed by atoms with E-state index >= 15 is 0 Å². The summed E-state index contributed by atoms with van der Waals surface area (Å²) in [6.07, 6.45) is 2.75. The van der Waals surface area contributed by atoms with Gasteiger partial charge in [0.15, 0.2) is 0 Å². The number of hydrogen-bond donors (Lipinski definition) is 1. The minimum atomic E-state index is -0.537. The zero-order valence-electron chi connectivity index (χ0n) is 17.8. The molecule has 31 heavy (non-hydrogen) atoms. The van der Waals surface area contributed by atoms with E-state index in [-0.39, 0.29) is 29.1 Å². The number of nitrogens with zero attached hydrogens (tertiary/aromatic N) is 1. The van der Waals surface area contributed by atoms with Crippen molar-refractivity contribution in [2.75, 3.05) is 25.5 Å². The second-order valence-electron chi connectivity index (χ2n) is 7.84. The van der Waals surface area contributed by atoms with Gasteiger partial charge in [-0.3, -0.25) is 9.59 Å². The van der Waals surface area contributed by atoms with Gasteiger partial charge in [0, 0.05) is 25.2 Å². The zero-order chi connectivity index (χ0) is 22.4. The molecule has 1 atom stereocenters. The standard InChI is InChI=1S/C24H27FN2O4/c1-16-14-18(25)10-11-21(16)26-22(28)12-9-17-6-5-13-27(15-17)23(29)19-7-3-4-8-20(19)24(30)31-2/h3-4,7-8,10-11,14,17H,5-6,9,12-13,15H2,1-2H3,(H,26,28). The number of ether oxygens (including phenoxy) is 1. The molecule has 1 fully saturated rings. The van der Waals surface area contributed by atoms with E-state index in [4.69, 9.17) is 4.74 Å². The second-order valence-corrected chi connectivity index (χ2v) is 7.84. The van der Waals surface area contributed by atoms with Gasteiger partial charge in [-0.1, -0.05) is 12.1 Å². The minimum absolute atomic E-state index is 0.130. The number of rotatable bonds is 6. The topological polar surface area (TPSA) is 75.7 Å². The van der Waals surface area contributed by atoms with Gasteiger partial charge in [-0.2, -0.15) is 0 Å². The normalized spacial score (nSPS) is 16.0.